The van der Waals surface area contributed by atoms with E-state index in [9.17, 15) is 65.3 Å². The number of carbonyl (C=O) groups excluding carboxylic acids is 4. The quantitative estimate of drug-likeness (QED) is 0.0359. The largest absolute Gasteiger partial charge is 2.00 e. The van der Waals surface area contributed by atoms with Crippen molar-refractivity contribution in [1.29, 1.82) is 0 Å². The molecule has 0 aliphatic rings. The number of nitrogens with one attached hydrogen (secondary N) is 2. The summed E-state index contributed by atoms with van der Waals surface area (Å²) in [6, 6.07) is 14.1. The van der Waals surface area contributed by atoms with Gasteiger partial charge in [0, 0.05) is 24.3 Å². The average Bonchev–Trinajstić information content (AvgIpc) is 3.15. The maximum Gasteiger partial charge on any atom is 2.00 e. The van der Waals surface area contributed by atoms with E-state index in [1.54, 1.807) is 0 Å². The summed E-state index contributed by atoms with van der Waals surface area (Å²) >= 11 is 0. The number of nitro groups is 2. The first-order chi connectivity index (χ1) is 28.0. The summed E-state index contributed by atoms with van der Waals surface area (Å²) in [6.45, 7) is 2.51. The van der Waals surface area contributed by atoms with Crippen molar-refractivity contribution < 1.29 is 64.4 Å². The van der Waals surface area contributed by atoms with E-state index in [1.165, 1.54) is 64.5 Å². The van der Waals surface area contributed by atoms with Crippen LogP contribution in [-0.4, -0.2) is 122 Å². The molecule has 27 heteroatoms. The van der Waals surface area contributed by atoms with Crippen molar-refractivity contribution in [3.05, 3.63) is 93.0 Å². The van der Waals surface area contributed by atoms with Gasteiger partial charge in [0.2, 0.25) is 11.8 Å². The first kappa shape index (κ1) is 51.3. The number of ketones is 2. The number of benzene rings is 4. The molecule has 4 rings (SSSR count). The van der Waals surface area contributed by atoms with Crippen LogP contribution in [0, 0.1) is 20.2 Å². The number of ether oxygens (including phenoxy) is 2. The van der Waals surface area contributed by atoms with Crippen LogP contribution in [0.3, 0.4) is 0 Å². The molecule has 2 N–H and O–H groups in total. The van der Waals surface area contributed by atoms with E-state index >= 15 is 0 Å². The van der Waals surface area contributed by atoms with Gasteiger partial charge >= 0.3 is 48.9 Å². The maximum atomic E-state index is 11.9. The van der Waals surface area contributed by atoms with Crippen molar-refractivity contribution in [2.75, 3.05) is 24.9 Å². The molecule has 0 atom stereocenters. The molecule has 24 nitrogen and oxygen atoms in total. The molecule has 0 saturated carbocycles. The second kappa shape index (κ2) is 22.7. The average molecular weight is 1010 g/mol. The number of anilines is 2. The summed E-state index contributed by atoms with van der Waals surface area (Å²) in [5.74, 6) is -1.14. The van der Waals surface area contributed by atoms with E-state index in [2.05, 4.69) is 31.1 Å². The van der Waals surface area contributed by atoms with Crippen LogP contribution in [0.15, 0.2) is 103 Å². The monoisotopic (exact) mass is 1010 g/mol. The summed E-state index contributed by atoms with van der Waals surface area (Å²) in [5, 5.41) is 42.2. The number of hydrogen-bond donors (Lipinski definition) is 2. The van der Waals surface area contributed by atoms with E-state index in [4.69, 9.17) is 9.47 Å². The second-order valence-electron chi connectivity index (χ2n) is 11.7. The molecule has 0 fully saturated rings. The Labute approximate surface area is 385 Å². The fraction of sp³-hybridized carbons (Fsp3) is 0.176. The Morgan fingerprint density at radius 2 is 0.934 bits per heavy atom. The number of Topliss-reactive ketones (excluding diaryl/α,β-unsaturated/α-hetero) is 2. The first-order valence-corrected chi connectivity index (χ1v) is 19.1. The van der Waals surface area contributed by atoms with Crippen LogP contribution in [-0.2, 0) is 39.4 Å². The molecule has 61 heavy (non-hydrogen) atoms. The van der Waals surface area contributed by atoms with Gasteiger partial charge in [-0.2, -0.15) is 10.2 Å². The van der Waals surface area contributed by atoms with Gasteiger partial charge in [-0.3, -0.25) is 39.4 Å². The molecule has 0 aliphatic heterocycles. The molecule has 0 bridgehead atoms. The smallest absolute Gasteiger partial charge is 0.744 e. The minimum atomic E-state index is -5.13. The third-order valence-corrected chi connectivity index (χ3v) is 8.87. The first-order valence-electron chi connectivity index (χ1n) is 16.3. The zero-order chi connectivity index (χ0) is 44.9. The van der Waals surface area contributed by atoms with E-state index < -0.39 is 63.1 Å². The van der Waals surface area contributed by atoms with Crippen LogP contribution in [0.5, 0.6) is 11.5 Å². The fourth-order valence-corrected chi connectivity index (χ4v) is 5.88. The molecule has 0 aromatic heterocycles. The Bertz CT molecular complexity index is 2480. The summed E-state index contributed by atoms with van der Waals surface area (Å²) in [5.41, 5.74) is -1.52. The summed E-state index contributed by atoms with van der Waals surface area (Å²) < 4.78 is 78.0. The molecular formula is C34H30BaN8O16S2. The van der Waals surface area contributed by atoms with Gasteiger partial charge in [-0.25, -0.2) is 16.8 Å². The third kappa shape index (κ3) is 15.9. The van der Waals surface area contributed by atoms with Gasteiger partial charge in [0.15, 0.2) is 0 Å². The van der Waals surface area contributed by atoms with Crippen molar-refractivity contribution in [3.8, 4) is 11.5 Å². The van der Waals surface area contributed by atoms with Crippen molar-refractivity contribution in [2.24, 2.45) is 20.5 Å². The standard InChI is InChI=1S/2C17H16N4O8S.Ba/c2*1-10(22)7-17(23)18-13-5-4-12(29-2)9-14(13)20-19-11-3-6-15(21(24)25)16(8-11)30(26,27)28;/h2*3-6,8-9H,7H2,1-2H3,(H,18,23)(H,26,27,28);/q;;+2/p-2. The van der Waals surface area contributed by atoms with Gasteiger partial charge in [0.25, 0.3) is 11.4 Å². The van der Waals surface area contributed by atoms with Gasteiger partial charge in [0.1, 0.15) is 64.5 Å². The van der Waals surface area contributed by atoms with E-state index in [-0.39, 0.29) is 107 Å². The minimum absolute atomic E-state index is 0. The van der Waals surface area contributed by atoms with Crippen LogP contribution < -0.4 is 20.1 Å². The molecular weight excluding hydrogens is 978 g/mol. The number of nitrogens with zero attached hydrogens (tertiary/aromatic N) is 6. The number of carbonyl (C=O) groups is 4. The number of rotatable bonds is 16. The summed E-state index contributed by atoms with van der Waals surface area (Å²) in [6.07, 6.45) is -0.703. The van der Waals surface area contributed by atoms with Crippen LogP contribution >= 0.6 is 0 Å². The molecule has 0 radical (unpaired) electrons. The Hall–Kier alpha value is -5.85. The van der Waals surface area contributed by atoms with Gasteiger partial charge in [-0.15, -0.1) is 10.2 Å². The van der Waals surface area contributed by atoms with Crippen molar-refractivity contribution in [2.45, 2.75) is 36.5 Å². The molecule has 2 amide bonds. The van der Waals surface area contributed by atoms with Crippen LogP contribution in [0.25, 0.3) is 0 Å². The number of hydrogen-bond acceptors (Lipinski definition) is 20. The Morgan fingerprint density at radius 3 is 1.21 bits per heavy atom. The normalized spacial score (nSPS) is 11.1. The zero-order valence-electron chi connectivity index (χ0n) is 32.1. The van der Waals surface area contributed by atoms with Gasteiger partial charge in [-0.1, -0.05) is 0 Å². The number of methoxy groups -OCH3 is 2. The Morgan fingerprint density at radius 1 is 0.590 bits per heavy atom. The predicted octanol–water partition coefficient (Wildman–Crippen LogP) is 5.30. The van der Waals surface area contributed by atoms with Crippen LogP contribution in [0.2, 0.25) is 0 Å². The molecule has 4 aromatic rings. The molecule has 0 unspecified atom stereocenters. The number of azo groups is 2. The van der Waals surface area contributed by atoms with Crippen molar-refractivity contribution in [1.82, 2.24) is 0 Å². The number of nitro benzene ring substituents is 2. The summed E-state index contributed by atoms with van der Waals surface area (Å²) in [7, 11) is -7.48. The van der Waals surface area contributed by atoms with Gasteiger partial charge < -0.3 is 29.2 Å². The topological polar surface area (TPSA) is 361 Å². The Balaban J connectivity index is 0.000000413. The minimum Gasteiger partial charge on any atom is -0.744 e. The molecule has 0 spiro atoms. The number of amides is 2. The van der Waals surface area contributed by atoms with Crippen LogP contribution in [0.1, 0.15) is 26.7 Å². The van der Waals surface area contributed by atoms with Gasteiger partial charge in [-0.05, 0) is 62.4 Å². The fourth-order valence-electron chi connectivity index (χ4n) is 4.55. The van der Waals surface area contributed by atoms with Gasteiger partial charge in [0.05, 0.1) is 59.7 Å². The third-order valence-electron chi connectivity index (χ3n) is 7.14. The van der Waals surface area contributed by atoms with E-state index in [0.717, 1.165) is 36.4 Å². The molecule has 316 valence electrons. The van der Waals surface area contributed by atoms with Crippen molar-refractivity contribution in [3.63, 3.8) is 0 Å². The molecule has 4 aromatic carbocycles. The SMILES string of the molecule is COc1ccc(NC(=O)CC(C)=O)c(N=Nc2ccc([N+](=O)[O-])c(S(=O)(=O)[O-])c2)c1.COc1ccc(NC(=O)CC(C)=O)c(N=Nc2ccc([N+](=O)[O-])c(S(=O)(=O)[O-])c2)c1.[Ba+2]. The van der Waals surface area contributed by atoms with Crippen LogP contribution in [0.4, 0.5) is 45.5 Å². The predicted molar refractivity (Wildman–Crippen MR) is 210 cm³/mol. The molecule has 0 aliphatic carbocycles. The molecule has 0 saturated heterocycles. The second-order valence-corrected chi connectivity index (χ2v) is 14.4. The maximum absolute atomic E-state index is 11.9. The van der Waals surface area contributed by atoms with E-state index in [0.29, 0.717) is 11.5 Å². The van der Waals surface area contributed by atoms with Crippen molar-refractivity contribution >= 4 is 138 Å². The Kier molecular flexibility index (Phi) is 19.1. The molecule has 0 heterocycles. The van der Waals surface area contributed by atoms with E-state index in [1.807, 2.05) is 0 Å². The zero-order valence-corrected chi connectivity index (χ0v) is 38.2. The summed E-state index contributed by atoms with van der Waals surface area (Å²) in [4.78, 5) is 63.6.